The summed E-state index contributed by atoms with van der Waals surface area (Å²) in [6.07, 6.45) is 5.37. The van der Waals surface area contributed by atoms with Crippen LogP contribution in [0.3, 0.4) is 0 Å². The second kappa shape index (κ2) is 7.80. The van der Waals surface area contributed by atoms with Gasteiger partial charge in [-0.25, -0.2) is 4.98 Å². The monoisotopic (exact) mass is 366 g/mol. The van der Waals surface area contributed by atoms with Gasteiger partial charge in [0.05, 0.1) is 0 Å². The fraction of sp³-hybridized carbons (Fsp3) is 0.647. The normalized spacial score (nSPS) is 21.1. The zero-order valence-corrected chi connectivity index (χ0v) is 15.5. The van der Waals surface area contributed by atoms with Crippen LogP contribution in [-0.4, -0.2) is 67.1 Å². The number of carbonyl (C=O) groups is 1. The maximum atomic E-state index is 12.8. The lowest BCUT2D eigenvalue weighted by atomic mass is 10.2. The van der Waals surface area contributed by atoms with Gasteiger partial charge in [-0.05, 0) is 38.3 Å². The van der Waals surface area contributed by atoms with Crippen LogP contribution < -0.4 is 4.90 Å². The van der Waals surface area contributed by atoms with Gasteiger partial charge in [-0.1, -0.05) is 6.42 Å². The van der Waals surface area contributed by atoms with Crippen molar-refractivity contribution >= 4 is 21.8 Å². The second-order valence-electron chi connectivity index (χ2n) is 6.67. The highest BCUT2D eigenvalue weighted by molar-refractivity contribution is 7.86. The molecule has 0 amide bonds. The number of pyridine rings is 1. The molecule has 0 atom stereocenters. The summed E-state index contributed by atoms with van der Waals surface area (Å²) in [6.45, 7) is 5.17. The van der Waals surface area contributed by atoms with Crippen LogP contribution in [-0.2, 0) is 10.2 Å². The molecule has 3 rings (SSSR count). The molecule has 138 valence electrons. The van der Waals surface area contributed by atoms with Gasteiger partial charge in [0.1, 0.15) is 5.82 Å². The predicted molar refractivity (Wildman–Crippen MR) is 97.0 cm³/mol. The summed E-state index contributed by atoms with van der Waals surface area (Å²) in [6, 6.07) is 3.61. The molecule has 0 aliphatic carbocycles. The molecule has 0 unspecified atom stereocenters. The topological polar surface area (TPSA) is 73.8 Å². The minimum atomic E-state index is -3.36. The Bertz CT molecular complexity index is 699. The highest BCUT2D eigenvalue weighted by Gasteiger charge is 2.31. The van der Waals surface area contributed by atoms with E-state index in [2.05, 4.69) is 9.88 Å². The van der Waals surface area contributed by atoms with Crippen molar-refractivity contribution in [2.45, 2.75) is 32.6 Å². The maximum absolute atomic E-state index is 12.8. The summed E-state index contributed by atoms with van der Waals surface area (Å²) in [5.41, 5.74) is 0.591. The van der Waals surface area contributed by atoms with Gasteiger partial charge in [-0.15, -0.1) is 0 Å². The summed E-state index contributed by atoms with van der Waals surface area (Å²) in [4.78, 5) is 17.8. The third-order valence-electron chi connectivity index (χ3n) is 4.90. The summed E-state index contributed by atoms with van der Waals surface area (Å²) in [5.74, 6) is 0.788. The van der Waals surface area contributed by atoms with Gasteiger partial charge in [0, 0.05) is 51.0 Å². The van der Waals surface area contributed by atoms with Crippen molar-refractivity contribution in [3.8, 4) is 0 Å². The van der Waals surface area contributed by atoms with Crippen LogP contribution >= 0.6 is 0 Å². The SMILES string of the molecule is CC(=O)c1ccc(N2CCCN(S(=O)(=O)N3CCCCC3)CC2)nc1. The van der Waals surface area contributed by atoms with E-state index in [-0.39, 0.29) is 5.78 Å². The molecule has 25 heavy (non-hydrogen) atoms. The number of Topliss-reactive ketones (excluding diaryl/α,β-unsaturated/α-hetero) is 1. The molecule has 0 radical (unpaired) electrons. The van der Waals surface area contributed by atoms with Gasteiger partial charge in [0.25, 0.3) is 10.2 Å². The third-order valence-corrected chi connectivity index (χ3v) is 6.94. The van der Waals surface area contributed by atoms with Crippen molar-refractivity contribution in [3.63, 3.8) is 0 Å². The third kappa shape index (κ3) is 4.19. The molecule has 2 aliphatic rings. The first kappa shape index (κ1) is 18.3. The van der Waals surface area contributed by atoms with E-state index in [1.165, 1.54) is 6.92 Å². The maximum Gasteiger partial charge on any atom is 0.282 e. The van der Waals surface area contributed by atoms with Crippen LogP contribution in [0, 0.1) is 0 Å². The van der Waals surface area contributed by atoms with Gasteiger partial charge in [0.2, 0.25) is 0 Å². The molecule has 2 fully saturated rings. The Morgan fingerprint density at radius 3 is 2.24 bits per heavy atom. The first-order valence-electron chi connectivity index (χ1n) is 8.95. The number of hydrogen-bond donors (Lipinski definition) is 0. The quantitative estimate of drug-likeness (QED) is 0.756. The van der Waals surface area contributed by atoms with E-state index < -0.39 is 10.2 Å². The number of aromatic nitrogens is 1. The number of carbonyl (C=O) groups excluding carboxylic acids is 1. The standard InChI is InChI=1S/C17H26N4O3S/c1-15(22)16-6-7-17(18-14-16)19-8-5-11-21(13-12-19)25(23,24)20-9-3-2-4-10-20/h6-7,14H,2-5,8-13H2,1H3. The number of anilines is 1. The zero-order valence-electron chi connectivity index (χ0n) is 14.7. The number of piperidine rings is 1. The van der Waals surface area contributed by atoms with Crippen LogP contribution in [0.4, 0.5) is 5.82 Å². The van der Waals surface area contributed by atoms with Crippen molar-refractivity contribution < 1.29 is 13.2 Å². The molecule has 2 saturated heterocycles. The van der Waals surface area contributed by atoms with Gasteiger partial charge >= 0.3 is 0 Å². The van der Waals surface area contributed by atoms with Crippen molar-refractivity contribution in [2.75, 3.05) is 44.2 Å². The highest BCUT2D eigenvalue weighted by Crippen LogP contribution is 2.20. The van der Waals surface area contributed by atoms with Crippen LogP contribution in [0.5, 0.6) is 0 Å². The van der Waals surface area contributed by atoms with E-state index in [4.69, 9.17) is 0 Å². The number of nitrogens with zero attached hydrogens (tertiary/aromatic N) is 4. The van der Waals surface area contributed by atoms with E-state index in [0.717, 1.165) is 38.0 Å². The molecular formula is C17H26N4O3S. The average Bonchev–Trinajstić information content (AvgIpc) is 2.89. The fourth-order valence-electron chi connectivity index (χ4n) is 3.39. The number of rotatable bonds is 4. The smallest absolute Gasteiger partial charge is 0.282 e. The minimum Gasteiger partial charge on any atom is -0.355 e. The van der Waals surface area contributed by atoms with Crippen LogP contribution in [0.1, 0.15) is 43.0 Å². The molecule has 0 N–H and O–H groups in total. The van der Waals surface area contributed by atoms with Crippen LogP contribution in [0.2, 0.25) is 0 Å². The first-order valence-corrected chi connectivity index (χ1v) is 10.4. The van der Waals surface area contributed by atoms with Gasteiger partial charge in [-0.2, -0.15) is 17.0 Å². The number of hydrogen-bond acceptors (Lipinski definition) is 5. The molecule has 0 spiro atoms. The Labute approximate surface area is 149 Å². The summed E-state index contributed by atoms with van der Waals surface area (Å²) < 4.78 is 28.9. The summed E-state index contributed by atoms with van der Waals surface area (Å²) >= 11 is 0. The highest BCUT2D eigenvalue weighted by atomic mass is 32.2. The summed E-state index contributed by atoms with van der Waals surface area (Å²) in [7, 11) is -3.36. The molecule has 2 aliphatic heterocycles. The Morgan fingerprint density at radius 1 is 0.920 bits per heavy atom. The van der Waals surface area contributed by atoms with E-state index in [1.54, 1.807) is 20.9 Å². The van der Waals surface area contributed by atoms with E-state index in [0.29, 0.717) is 38.3 Å². The fourth-order valence-corrected chi connectivity index (χ4v) is 5.11. The predicted octanol–water partition coefficient (Wildman–Crippen LogP) is 1.53. The zero-order chi connectivity index (χ0) is 17.9. The Balaban J connectivity index is 1.66. The van der Waals surface area contributed by atoms with Crippen molar-refractivity contribution in [3.05, 3.63) is 23.9 Å². The first-order chi connectivity index (χ1) is 12.0. The molecule has 1 aromatic rings. The molecule has 3 heterocycles. The summed E-state index contributed by atoms with van der Waals surface area (Å²) in [5, 5.41) is 0. The largest absolute Gasteiger partial charge is 0.355 e. The Morgan fingerprint density at radius 2 is 1.60 bits per heavy atom. The average molecular weight is 366 g/mol. The Hall–Kier alpha value is -1.51. The van der Waals surface area contributed by atoms with E-state index in [9.17, 15) is 13.2 Å². The van der Waals surface area contributed by atoms with Crippen LogP contribution in [0.15, 0.2) is 18.3 Å². The second-order valence-corrected chi connectivity index (χ2v) is 8.60. The molecule has 0 aromatic carbocycles. The van der Waals surface area contributed by atoms with E-state index in [1.807, 2.05) is 6.07 Å². The molecule has 7 nitrogen and oxygen atoms in total. The van der Waals surface area contributed by atoms with Crippen molar-refractivity contribution in [1.29, 1.82) is 0 Å². The molecular weight excluding hydrogens is 340 g/mol. The van der Waals surface area contributed by atoms with E-state index >= 15 is 0 Å². The Kier molecular flexibility index (Phi) is 5.71. The lowest BCUT2D eigenvalue weighted by molar-refractivity contribution is 0.101. The lowest BCUT2D eigenvalue weighted by Gasteiger charge is -2.31. The van der Waals surface area contributed by atoms with Gasteiger partial charge in [-0.3, -0.25) is 4.79 Å². The molecule has 0 bridgehead atoms. The lowest BCUT2D eigenvalue weighted by Crippen LogP contribution is -2.47. The van der Waals surface area contributed by atoms with Gasteiger partial charge < -0.3 is 4.90 Å². The molecule has 1 aromatic heterocycles. The molecule has 8 heteroatoms. The molecule has 0 saturated carbocycles. The van der Waals surface area contributed by atoms with Crippen LogP contribution in [0.25, 0.3) is 0 Å². The van der Waals surface area contributed by atoms with Crippen molar-refractivity contribution in [1.82, 2.24) is 13.6 Å². The minimum absolute atomic E-state index is 0.00582. The number of ketones is 1. The van der Waals surface area contributed by atoms with Gasteiger partial charge in [0.15, 0.2) is 5.78 Å². The van der Waals surface area contributed by atoms with Crippen molar-refractivity contribution in [2.24, 2.45) is 0 Å².